The molecule has 1 aliphatic heterocycles. The van der Waals surface area contributed by atoms with Crippen molar-refractivity contribution < 1.29 is 27.5 Å². The van der Waals surface area contributed by atoms with E-state index >= 15 is 0 Å². The molecule has 0 spiro atoms. The molecule has 182 valence electrons. The van der Waals surface area contributed by atoms with Gasteiger partial charge in [0.15, 0.2) is 6.61 Å². The largest absolute Gasteiger partial charge is 0.492 e. The average Bonchev–Trinajstić information content (AvgIpc) is 3.15. The van der Waals surface area contributed by atoms with Gasteiger partial charge in [0.25, 0.3) is 5.91 Å². The van der Waals surface area contributed by atoms with E-state index in [2.05, 4.69) is 5.32 Å². The Hall–Kier alpha value is -3.17. The quantitative estimate of drug-likeness (QED) is 0.315. The van der Waals surface area contributed by atoms with E-state index in [0.29, 0.717) is 31.0 Å². The number of nitrogens with one attached hydrogen (secondary N) is 1. The molecule has 34 heavy (non-hydrogen) atoms. The maximum atomic E-state index is 12.8. The molecular formula is C25H30N2O6S. The van der Waals surface area contributed by atoms with Crippen LogP contribution in [-0.4, -0.2) is 57.4 Å². The zero-order valence-corrected chi connectivity index (χ0v) is 19.8. The highest BCUT2D eigenvalue weighted by atomic mass is 32.2. The second-order valence-corrected chi connectivity index (χ2v) is 9.78. The van der Waals surface area contributed by atoms with Gasteiger partial charge in [-0.1, -0.05) is 43.2 Å². The highest BCUT2D eigenvalue weighted by molar-refractivity contribution is 7.89. The Morgan fingerprint density at radius 1 is 0.941 bits per heavy atom. The Labute approximate surface area is 200 Å². The molecule has 0 atom stereocenters. The maximum Gasteiger partial charge on any atom is 0.331 e. The van der Waals surface area contributed by atoms with E-state index in [9.17, 15) is 18.0 Å². The van der Waals surface area contributed by atoms with Gasteiger partial charge in [-0.2, -0.15) is 4.31 Å². The van der Waals surface area contributed by atoms with E-state index in [-0.39, 0.29) is 11.4 Å². The lowest BCUT2D eigenvalue weighted by molar-refractivity contribution is -0.143. The Kier molecular flexibility index (Phi) is 9.66. The second-order valence-electron chi connectivity index (χ2n) is 7.84. The zero-order chi connectivity index (χ0) is 24.2. The molecule has 0 aromatic heterocycles. The lowest BCUT2D eigenvalue weighted by Gasteiger charge is -2.19. The summed E-state index contributed by atoms with van der Waals surface area (Å²) in [5, 5.41) is 2.61. The molecule has 1 saturated heterocycles. The number of benzene rings is 2. The molecule has 3 rings (SSSR count). The van der Waals surface area contributed by atoms with Crippen molar-refractivity contribution >= 4 is 28.0 Å². The van der Waals surface area contributed by atoms with Crippen LogP contribution in [0.5, 0.6) is 5.75 Å². The van der Waals surface area contributed by atoms with Gasteiger partial charge in [-0.15, -0.1) is 0 Å². The normalized spacial score (nSPS) is 14.9. The van der Waals surface area contributed by atoms with Gasteiger partial charge >= 0.3 is 5.97 Å². The molecule has 1 N–H and O–H groups in total. The third-order valence-corrected chi connectivity index (χ3v) is 7.19. The molecule has 8 nitrogen and oxygen atoms in total. The zero-order valence-electron chi connectivity index (χ0n) is 19.0. The van der Waals surface area contributed by atoms with Crippen LogP contribution in [0.4, 0.5) is 0 Å². The number of carbonyl (C=O) groups excluding carboxylic acids is 2. The van der Waals surface area contributed by atoms with Gasteiger partial charge in [0, 0.05) is 19.2 Å². The molecule has 0 aliphatic carbocycles. The first-order valence-corrected chi connectivity index (χ1v) is 12.8. The number of rotatable bonds is 10. The van der Waals surface area contributed by atoms with Crippen molar-refractivity contribution in [2.75, 3.05) is 32.8 Å². The second kappa shape index (κ2) is 12.9. The lowest BCUT2D eigenvalue weighted by Crippen LogP contribution is -2.31. The number of sulfonamides is 1. The van der Waals surface area contributed by atoms with Gasteiger partial charge in [-0.05, 0) is 48.7 Å². The van der Waals surface area contributed by atoms with Gasteiger partial charge in [0.1, 0.15) is 12.4 Å². The number of hydrogen-bond donors (Lipinski definition) is 1. The average molecular weight is 487 g/mol. The number of esters is 1. The van der Waals surface area contributed by atoms with Gasteiger partial charge in [0.2, 0.25) is 10.0 Å². The summed E-state index contributed by atoms with van der Waals surface area (Å²) in [6.07, 6.45) is 6.57. The Morgan fingerprint density at radius 3 is 2.29 bits per heavy atom. The first kappa shape index (κ1) is 25.5. The number of carbonyl (C=O) groups is 2. The SMILES string of the molecule is O=C(COC(=O)/C=C/c1ccc(S(=O)(=O)N2CCCCCC2)cc1)NCCOc1ccccc1. The number of ether oxygens (including phenoxy) is 2. The molecule has 9 heteroatoms. The van der Waals surface area contributed by atoms with Crippen LogP contribution in [0.15, 0.2) is 65.6 Å². The summed E-state index contributed by atoms with van der Waals surface area (Å²) in [4.78, 5) is 23.9. The lowest BCUT2D eigenvalue weighted by atomic mass is 10.2. The van der Waals surface area contributed by atoms with E-state index in [0.717, 1.165) is 25.7 Å². The summed E-state index contributed by atoms with van der Waals surface area (Å²) >= 11 is 0. The summed E-state index contributed by atoms with van der Waals surface area (Å²) in [7, 11) is -3.51. The molecule has 1 aliphatic rings. The van der Waals surface area contributed by atoms with E-state index in [4.69, 9.17) is 9.47 Å². The minimum atomic E-state index is -3.51. The van der Waals surface area contributed by atoms with Crippen molar-refractivity contribution in [3.8, 4) is 5.75 Å². The molecule has 2 aromatic carbocycles. The summed E-state index contributed by atoms with van der Waals surface area (Å²) < 4.78 is 37.6. The predicted octanol–water partition coefficient (Wildman–Crippen LogP) is 3.00. The highest BCUT2D eigenvalue weighted by Crippen LogP contribution is 2.21. The van der Waals surface area contributed by atoms with Gasteiger partial charge in [0.05, 0.1) is 11.4 Å². The van der Waals surface area contributed by atoms with Crippen LogP contribution in [-0.2, 0) is 24.3 Å². The summed E-state index contributed by atoms with van der Waals surface area (Å²) in [6.45, 7) is 1.27. The van der Waals surface area contributed by atoms with E-state index < -0.39 is 28.5 Å². The molecule has 1 amide bonds. The van der Waals surface area contributed by atoms with Crippen LogP contribution in [0, 0.1) is 0 Å². The van der Waals surface area contributed by atoms with Crippen LogP contribution >= 0.6 is 0 Å². The van der Waals surface area contributed by atoms with Gasteiger partial charge in [-0.3, -0.25) is 4.79 Å². The van der Waals surface area contributed by atoms with Crippen LogP contribution in [0.25, 0.3) is 6.08 Å². The number of hydrogen-bond acceptors (Lipinski definition) is 6. The first-order valence-electron chi connectivity index (χ1n) is 11.3. The molecule has 0 radical (unpaired) electrons. The maximum absolute atomic E-state index is 12.8. The van der Waals surface area contributed by atoms with E-state index in [1.807, 2.05) is 30.3 Å². The minimum absolute atomic E-state index is 0.238. The third-order valence-electron chi connectivity index (χ3n) is 5.28. The van der Waals surface area contributed by atoms with Crippen molar-refractivity contribution in [3.05, 3.63) is 66.2 Å². The molecule has 1 heterocycles. The fourth-order valence-corrected chi connectivity index (χ4v) is 4.98. The summed E-state index contributed by atoms with van der Waals surface area (Å²) in [5.74, 6) is -0.390. The fraction of sp³-hybridized carbons (Fsp3) is 0.360. The van der Waals surface area contributed by atoms with Crippen LogP contribution in [0.1, 0.15) is 31.2 Å². The predicted molar refractivity (Wildman–Crippen MR) is 129 cm³/mol. The smallest absolute Gasteiger partial charge is 0.331 e. The molecule has 0 bridgehead atoms. The van der Waals surface area contributed by atoms with Crippen LogP contribution in [0.3, 0.4) is 0 Å². The van der Waals surface area contributed by atoms with Crippen molar-refractivity contribution in [3.63, 3.8) is 0 Å². The van der Waals surface area contributed by atoms with Crippen molar-refractivity contribution in [2.45, 2.75) is 30.6 Å². The van der Waals surface area contributed by atoms with Crippen LogP contribution in [0.2, 0.25) is 0 Å². The monoisotopic (exact) mass is 486 g/mol. The van der Waals surface area contributed by atoms with E-state index in [1.165, 1.54) is 24.3 Å². The molecule has 0 unspecified atom stereocenters. The Morgan fingerprint density at radius 2 is 1.62 bits per heavy atom. The van der Waals surface area contributed by atoms with Gasteiger partial charge in [-0.25, -0.2) is 13.2 Å². The Bertz CT molecular complexity index is 1060. The molecule has 0 saturated carbocycles. The minimum Gasteiger partial charge on any atom is -0.492 e. The van der Waals surface area contributed by atoms with Crippen LogP contribution < -0.4 is 10.1 Å². The molecular weight excluding hydrogens is 456 g/mol. The Balaban J connectivity index is 1.39. The standard InChI is InChI=1S/C25H30N2O6S/c28-24(26-16-19-32-22-8-4-3-5-9-22)20-33-25(29)15-12-21-10-13-23(14-11-21)34(30,31)27-17-6-1-2-7-18-27/h3-5,8-15H,1-2,6-7,16-20H2,(H,26,28)/b15-12+. The topological polar surface area (TPSA) is 102 Å². The fourth-order valence-electron chi connectivity index (χ4n) is 3.46. The first-order chi connectivity index (χ1) is 16.4. The number of amides is 1. The van der Waals surface area contributed by atoms with Crippen molar-refractivity contribution in [1.82, 2.24) is 9.62 Å². The highest BCUT2D eigenvalue weighted by Gasteiger charge is 2.24. The van der Waals surface area contributed by atoms with E-state index in [1.54, 1.807) is 16.4 Å². The molecule has 1 fully saturated rings. The summed E-state index contributed by atoms with van der Waals surface area (Å²) in [6, 6.07) is 15.6. The van der Waals surface area contributed by atoms with Crippen molar-refractivity contribution in [2.24, 2.45) is 0 Å². The molecule has 2 aromatic rings. The number of para-hydroxylation sites is 1. The summed E-state index contributed by atoms with van der Waals surface area (Å²) in [5.41, 5.74) is 0.647. The number of nitrogens with zero attached hydrogens (tertiary/aromatic N) is 1. The van der Waals surface area contributed by atoms with Gasteiger partial charge < -0.3 is 14.8 Å². The third kappa shape index (κ3) is 8.00. The van der Waals surface area contributed by atoms with Crippen molar-refractivity contribution in [1.29, 1.82) is 0 Å².